The van der Waals surface area contributed by atoms with Gasteiger partial charge in [-0.2, -0.15) is 0 Å². The maximum absolute atomic E-state index is 5.30. The van der Waals surface area contributed by atoms with E-state index in [9.17, 15) is 0 Å². The Kier molecular flexibility index (Phi) is 4.15. The standard InChI is InChI=1S/C20H25N3O/c1-14-20(15-8-10-23(14)11-9-15)22-17-6-7-19(21-13-17)16-4-3-5-18(12-16)24-2/h3-7,12-15,20,22H,8-11H2,1-2H3. The lowest BCUT2D eigenvalue weighted by atomic mass is 9.79. The second-order valence-electron chi connectivity index (χ2n) is 6.95. The Hall–Kier alpha value is -2.07. The third-order valence-corrected chi connectivity index (χ3v) is 5.64. The number of anilines is 1. The van der Waals surface area contributed by atoms with Crippen LogP contribution in [0.3, 0.4) is 0 Å². The van der Waals surface area contributed by atoms with E-state index in [1.165, 1.54) is 25.9 Å². The fourth-order valence-electron chi connectivity index (χ4n) is 4.17. The normalized spacial score (nSPS) is 28.6. The van der Waals surface area contributed by atoms with Crippen LogP contribution in [0.25, 0.3) is 11.3 Å². The highest BCUT2D eigenvalue weighted by atomic mass is 16.5. The highest BCUT2D eigenvalue weighted by Gasteiger charge is 2.39. The molecule has 1 aromatic carbocycles. The molecule has 0 radical (unpaired) electrons. The van der Waals surface area contributed by atoms with Crippen molar-refractivity contribution in [3.05, 3.63) is 42.6 Å². The number of ether oxygens (including phenoxy) is 1. The Bertz CT molecular complexity index is 690. The summed E-state index contributed by atoms with van der Waals surface area (Å²) in [6.07, 6.45) is 4.59. The molecule has 2 aromatic rings. The van der Waals surface area contributed by atoms with Gasteiger partial charge in [0.15, 0.2) is 0 Å². The lowest BCUT2D eigenvalue weighted by molar-refractivity contribution is 0.0458. The van der Waals surface area contributed by atoms with Crippen LogP contribution >= 0.6 is 0 Å². The molecular formula is C20H25N3O. The fraction of sp³-hybridized carbons (Fsp3) is 0.450. The largest absolute Gasteiger partial charge is 0.497 e. The molecule has 0 saturated carbocycles. The molecule has 3 fully saturated rings. The second kappa shape index (κ2) is 6.44. The molecule has 4 heterocycles. The summed E-state index contributed by atoms with van der Waals surface area (Å²) in [6, 6.07) is 13.4. The van der Waals surface area contributed by atoms with Crippen LogP contribution in [0.4, 0.5) is 5.69 Å². The minimum Gasteiger partial charge on any atom is -0.497 e. The zero-order chi connectivity index (χ0) is 16.5. The van der Waals surface area contributed by atoms with Crippen LogP contribution in [-0.4, -0.2) is 42.2 Å². The van der Waals surface area contributed by atoms with E-state index >= 15 is 0 Å². The number of hydrogen-bond acceptors (Lipinski definition) is 4. The van der Waals surface area contributed by atoms with Crippen LogP contribution in [0, 0.1) is 5.92 Å². The first-order valence-electron chi connectivity index (χ1n) is 8.85. The maximum atomic E-state index is 5.30. The van der Waals surface area contributed by atoms with Gasteiger partial charge in [-0.3, -0.25) is 9.88 Å². The van der Waals surface area contributed by atoms with Gasteiger partial charge in [-0.25, -0.2) is 0 Å². The molecular weight excluding hydrogens is 298 g/mol. The maximum Gasteiger partial charge on any atom is 0.119 e. The Morgan fingerprint density at radius 1 is 1.17 bits per heavy atom. The van der Waals surface area contributed by atoms with E-state index in [0.717, 1.165) is 28.6 Å². The SMILES string of the molecule is COc1cccc(-c2ccc(NC3C4CCN(CC4)C3C)cn2)c1. The molecule has 1 N–H and O–H groups in total. The summed E-state index contributed by atoms with van der Waals surface area (Å²) in [7, 11) is 1.69. The molecule has 3 aliphatic heterocycles. The number of nitrogens with zero attached hydrogens (tertiary/aromatic N) is 2. The van der Waals surface area contributed by atoms with E-state index in [4.69, 9.17) is 4.74 Å². The smallest absolute Gasteiger partial charge is 0.119 e. The quantitative estimate of drug-likeness (QED) is 0.932. The van der Waals surface area contributed by atoms with Gasteiger partial charge in [-0.1, -0.05) is 12.1 Å². The molecule has 0 amide bonds. The fourth-order valence-corrected chi connectivity index (χ4v) is 4.17. The van der Waals surface area contributed by atoms with Crippen LogP contribution < -0.4 is 10.1 Å². The number of rotatable bonds is 4. The van der Waals surface area contributed by atoms with Crippen molar-refractivity contribution in [2.75, 3.05) is 25.5 Å². The molecule has 4 nitrogen and oxygen atoms in total. The lowest BCUT2D eigenvalue weighted by Gasteiger charge is -2.50. The number of benzene rings is 1. The summed E-state index contributed by atoms with van der Waals surface area (Å²) in [4.78, 5) is 7.25. The lowest BCUT2D eigenvalue weighted by Crippen LogP contribution is -2.59. The number of pyridine rings is 1. The monoisotopic (exact) mass is 323 g/mol. The first-order chi connectivity index (χ1) is 11.7. The number of piperidine rings is 3. The molecule has 1 aromatic heterocycles. The number of methoxy groups -OCH3 is 1. The summed E-state index contributed by atoms with van der Waals surface area (Å²) in [5, 5.41) is 3.73. The molecule has 5 rings (SSSR count). The van der Waals surface area contributed by atoms with Crippen LogP contribution in [-0.2, 0) is 0 Å². The van der Waals surface area contributed by atoms with Gasteiger partial charge in [0.05, 0.1) is 24.7 Å². The molecule has 126 valence electrons. The summed E-state index contributed by atoms with van der Waals surface area (Å²) in [5.41, 5.74) is 3.17. The number of hydrogen-bond donors (Lipinski definition) is 1. The first-order valence-corrected chi connectivity index (χ1v) is 8.85. The predicted octanol–water partition coefficient (Wildman–Crippen LogP) is 3.65. The Labute approximate surface area is 143 Å². The van der Waals surface area contributed by atoms with Crippen molar-refractivity contribution in [3.8, 4) is 17.0 Å². The molecule has 0 aliphatic carbocycles. The summed E-state index contributed by atoms with van der Waals surface area (Å²) in [6.45, 7) is 4.87. The number of nitrogens with one attached hydrogen (secondary N) is 1. The average molecular weight is 323 g/mol. The summed E-state index contributed by atoms with van der Waals surface area (Å²) in [5.74, 6) is 1.65. The van der Waals surface area contributed by atoms with E-state index in [-0.39, 0.29) is 0 Å². The molecule has 3 aliphatic rings. The molecule has 2 unspecified atom stereocenters. The number of fused-ring (bicyclic) bond motifs is 3. The van der Waals surface area contributed by atoms with Gasteiger partial charge in [0.2, 0.25) is 0 Å². The molecule has 0 spiro atoms. The van der Waals surface area contributed by atoms with Crippen LogP contribution in [0.5, 0.6) is 5.75 Å². The minimum atomic E-state index is 0.539. The van der Waals surface area contributed by atoms with Gasteiger partial charge in [0, 0.05) is 17.6 Å². The zero-order valence-corrected chi connectivity index (χ0v) is 14.4. The second-order valence-corrected chi connectivity index (χ2v) is 6.95. The molecule has 4 heteroatoms. The summed E-state index contributed by atoms with van der Waals surface area (Å²) >= 11 is 0. The van der Waals surface area contributed by atoms with Crippen LogP contribution in [0.15, 0.2) is 42.6 Å². The Morgan fingerprint density at radius 3 is 2.67 bits per heavy atom. The van der Waals surface area contributed by atoms with Crippen molar-refractivity contribution in [3.63, 3.8) is 0 Å². The minimum absolute atomic E-state index is 0.539. The highest BCUT2D eigenvalue weighted by Crippen LogP contribution is 2.34. The Morgan fingerprint density at radius 2 is 2.00 bits per heavy atom. The van der Waals surface area contributed by atoms with Gasteiger partial charge in [0.1, 0.15) is 5.75 Å². The zero-order valence-electron chi connectivity index (χ0n) is 14.4. The molecule has 2 bridgehead atoms. The van der Waals surface area contributed by atoms with Crippen molar-refractivity contribution in [2.45, 2.75) is 31.8 Å². The van der Waals surface area contributed by atoms with Gasteiger partial charge < -0.3 is 10.1 Å². The van der Waals surface area contributed by atoms with Crippen molar-refractivity contribution >= 4 is 5.69 Å². The molecule has 2 atom stereocenters. The van der Waals surface area contributed by atoms with Crippen molar-refractivity contribution in [1.29, 1.82) is 0 Å². The average Bonchev–Trinajstić information content (AvgIpc) is 2.65. The number of aromatic nitrogens is 1. The predicted molar refractivity (Wildman–Crippen MR) is 97.4 cm³/mol. The van der Waals surface area contributed by atoms with Crippen molar-refractivity contribution in [2.24, 2.45) is 5.92 Å². The van der Waals surface area contributed by atoms with E-state index in [1.54, 1.807) is 7.11 Å². The van der Waals surface area contributed by atoms with Crippen molar-refractivity contribution < 1.29 is 4.74 Å². The van der Waals surface area contributed by atoms with E-state index in [1.807, 2.05) is 24.4 Å². The highest BCUT2D eigenvalue weighted by molar-refractivity contribution is 5.63. The van der Waals surface area contributed by atoms with E-state index in [0.29, 0.717) is 12.1 Å². The topological polar surface area (TPSA) is 37.4 Å². The van der Waals surface area contributed by atoms with Gasteiger partial charge in [-0.15, -0.1) is 0 Å². The summed E-state index contributed by atoms with van der Waals surface area (Å²) < 4.78 is 5.30. The van der Waals surface area contributed by atoms with Gasteiger partial charge in [-0.05, 0) is 63.0 Å². The third-order valence-electron chi connectivity index (χ3n) is 5.64. The van der Waals surface area contributed by atoms with Crippen LogP contribution in [0.2, 0.25) is 0 Å². The van der Waals surface area contributed by atoms with E-state index < -0.39 is 0 Å². The first kappa shape index (κ1) is 15.5. The van der Waals surface area contributed by atoms with Gasteiger partial charge in [0.25, 0.3) is 0 Å². The molecule has 3 saturated heterocycles. The van der Waals surface area contributed by atoms with Crippen molar-refractivity contribution in [1.82, 2.24) is 9.88 Å². The third kappa shape index (κ3) is 2.86. The Balaban J connectivity index is 1.50. The molecule has 24 heavy (non-hydrogen) atoms. The van der Waals surface area contributed by atoms with Crippen LogP contribution in [0.1, 0.15) is 19.8 Å². The van der Waals surface area contributed by atoms with Gasteiger partial charge >= 0.3 is 0 Å². The van der Waals surface area contributed by atoms with E-state index in [2.05, 4.69) is 40.3 Å².